The van der Waals surface area contributed by atoms with Gasteiger partial charge in [-0.1, -0.05) is 133 Å². The number of nitrogens with zero attached hydrogens (tertiary/aromatic N) is 3. The van der Waals surface area contributed by atoms with Crippen LogP contribution in [0.1, 0.15) is 46.9 Å². The van der Waals surface area contributed by atoms with Crippen molar-refractivity contribution in [2.24, 2.45) is 0 Å². The standard InChI is InChI=1S/C47H35N5/c48-30-33-27-45(51-41-23-11-7-19-34(41)35-20-8-12-24-42(35)51)46(52-43-25-13-9-21-36(43)37-22-10-14-26-44(37)52)28-38(33)40-29-39(31-15-3-1-4-16-31)49-47(50-40)32-17-5-2-6-18-32/h1-28,39-40,47,49-50H,29H2. The number of hydrogen-bond acceptors (Lipinski definition) is 3. The van der Waals surface area contributed by atoms with E-state index in [9.17, 15) is 5.26 Å². The minimum atomic E-state index is -0.106. The SMILES string of the molecule is N#Cc1cc(-n2c3ccccc3c3ccccc32)c(-n2c3ccccc3c3ccccc32)cc1C1CC(c2ccccc2)NC(c2ccccc2)N1. The van der Waals surface area contributed by atoms with E-state index in [0.717, 1.165) is 51.0 Å². The number of rotatable bonds is 5. The Hall–Kier alpha value is -6.45. The van der Waals surface area contributed by atoms with Crippen LogP contribution in [0, 0.1) is 11.3 Å². The quantitative estimate of drug-likeness (QED) is 0.192. The summed E-state index contributed by atoms with van der Waals surface area (Å²) in [6.07, 6.45) is 0.675. The molecule has 2 N–H and O–H groups in total. The fraction of sp³-hybridized carbons (Fsp3) is 0.0851. The van der Waals surface area contributed by atoms with Gasteiger partial charge in [-0.15, -0.1) is 0 Å². The summed E-state index contributed by atoms with van der Waals surface area (Å²) in [5.41, 5.74) is 10.5. The Morgan fingerprint density at radius 1 is 0.462 bits per heavy atom. The van der Waals surface area contributed by atoms with Gasteiger partial charge in [-0.2, -0.15) is 5.26 Å². The van der Waals surface area contributed by atoms with Gasteiger partial charge >= 0.3 is 0 Å². The third-order valence-electron chi connectivity index (χ3n) is 10.8. The van der Waals surface area contributed by atoms with E-state index in [0.29, 0.717) is 5.56 Å². The van der Waals surface area contributed by atoms with Gasteiger partial charge in [0, 0.05) is 33.6 Å². The third-order valence-corrected chi connectivity index (χ3v) is 10.8. The molecule has 1 aliphatic heterocycles. The number of fused-ring (bicyclic) bond motifs is 6. The third kappa shape index (κ3) is 4.85. The summed E-state index contributed by atoms with van der Waals surface area (Å²) in [6, 6.07) is 62.8. The molecule has 2 aromatic heterocycles. The fourth-order valence-electron chi connectivity index (χ4n) is 8.50. The minimum Gasteiger partial charge on any atom is -0.307 e. The molecule has 10 rings (SSSR count). The molecule has 9 aromatic rings. The van der Waals surface area contributed by atoms with E-state index in [1.807, 2.05) is 0 Å². The molecule has 0 spiro atoms. The zero-order chi connectivity index (χ0) is 34.6. The first-order valence-electron chi connectivity index (χ1n) is 17.9. The zero-order valence-corrected chi connectivity index (χ0v) is 28.4. The molecular weight excluding hydrogens is 635 g/mol. The number of nitriles is 1. The summed E-state index contributed by atoms with van der Waals surface area (Å²) in [6.45, 7) is 0. The second kappa shape index (κ2) is 12.4. The van der Waals surface area contributed by atoms with Gasteiger partial charge in [0.2, 0.25) is 0 Å². The Kier molecular flexibility index (Phi) is 7.24. The molecule has 5 heteroatoms. The van der Waals surface area contributed by atoms with E-state index in [4.69, 9.17) is 0 Å². The van der Waals surface area contributed by atoms with Crippen LogP contribution in [0.15, 0.2) is 170 Å². The number of para-hydroxylation sites is 4. The molecule has 0 amide bonds. The van der Waals surface area contributed by atoms with Crippen molar-refractivity contribution in [1.82, 2.24) is 19.8 Å². The lowest BCUT2D eigenvalue weighted by molar-refractivity contribution is 0.247. The fourth-order valence-corrected chi connectivity index (χ4v) is 8.50. The molecule has 3 heterocycles. The molecule has 0 saturated carbocycles. The Bertz CT molecular complexity index is 2650. The highest BCUT2D eigenvalue weighted by molar-refractivity contribution is 6.11. The van der Waals surface area contributed by atoms with E-state index in [2.05, 4.69) is 196 Å². The Labute approximate surface area is 302 Å². The smallest absolute Gasteiger partial charge is 0.0995 e. The predicted octanol–water partition coefficient (Wildman–Crippen LogP) is 10.8. The summed E-state index contributed by atoms with van der Waals surface area (Å²) in [5, 5.41) is 23.6. The van der Waals surface area contributed by atoms with Gasteiger partial charge in [0.05, 0.1) is 51.2 Å². The highest BCUT2D eigenvalue weighted by Crippen LogP contribution is 2.42. The largest absolute Gasteiger partial charge is 0.307 e. The van der Waals surface area contributed by atoms with Crippen molar-refractivity contribution in [2.75, 3.05) is 0 Å². The summed E-state index contributed by atoms with van der Waals surface area (Å²) >= 11 is 0. The molecule has 248 valence electrons. The topological polar surface area (TPSA) is 57.7 Å². The van der Waals surface area contributed by atoms with Crippen LogP contribution in [0.25, 0.3) is 55.0 Å². The molecule has 0 radical (unpaired) electrons. The molecule has 1 aliphatic rings. The predicted molar refractivity (Wildman–Crippen MR) is 212 cm³/mol. The molecule has 1 fully saturated rings. The van der Waals surface area contributed by atoms with Gasteiger partial charge in [-0.3, -0.25) is 10.6 Å². The molecule has 0 bridgehead atoms. The van der Waals surface area contributed by atoms with Crippen LogP contribution in [0.4, 0.5) is 0 Å². The number of aromatic nitrogens is 2. The molecular formula is C47H35N5. The van der Waals surface area contributed by atoms with E-state index in [-0.39, 0.29) is 18.2 Å². The summed E-state index contributed by atoms with van der Waals surface area (Å²) in [4.78, 5) is 0. The van der Waals surface area contributed by atoms with Crippen molar-refractivity contribution in [1.29, 1.82) is 5.26 Å². The zero-order valence-electron chi connectivity index (χ0n) is 28.4. The van der Waals surface area contributed by atoms with Crippen molar-refractivity contribution >= 4 is 43.6 Å². The maximum Gasteiger partial charge on any atom is 0.0995 e. The van der Waals surface area contributed by atoms with Crippen molar-refractivity contribution < 1.29 is 0 Å². The van der Waals surface area contributed by atoms with Crippen LogP contribution in [0.5, 0.6) is 0 Å². The summed E-state index contributed by atoms with van der Waals surface area (Å²) in [5.74, 6) is 0. The van der Waals surface area contributed by atoms with Crippen molar-refractivity contribution in [2.45, 2.75) is 24.7 Å². The van der Waals surface area contributed by atoms with Crippen molar-refractivity contribution in [3.8, 4) is 17.4 Å². The normalized spacial score (nSPS) is 17.6. The van der Waals surface area contributed by atoms with Crippen LogP contribution in [-0.2, 0) is 0 Å². The summed E-state index contributed by atoms with van der Waals surface area (Å²) in [7, 11) is 0. The Balaban J connectivity index is 1.27. The van der Waals surface area contributed by atoms with E-state index in [1.54, 1.807) is 0 Å². The lowest BCUT2D eigenvalue weighted by Gasteiger charge is -2.39. The van der Waals surface area contributed by atoms with Gasteiger partial charge in [0.1, 0.15) is 0 Å². The Morgan fingerprint density at radius 3 is 1.35 bits per heavy atom. The number of benzene rings is 7. The van der Waals surface area contributed by atoms with E-state index in [1.165, 1.54) is 27.1 Å². The monoisotopic (exact) mass is 669 g/mol. The second-order valence-electron chi connectivity index (χ2n) is 13.7. The van der Waals surface area contributed by atoms with Crippen LogP contribution < -0.4 is 10.6 Å². The van der Waals surface area contributed by atoms with Crippen LogP contribution in [-0.4, -0.2) is 9.13 Å². The molecule has 0 aliphatic carbocycles. The highest BCUT2D eigenvalue weighted by Gasteiger charge is 2.33. The maximum absolute atomic E-state index is 11.0. The Morgan fingerprint density at radius 2 is 0.865 bits per heavy atom. The van der Waals surface area contributed by atoms with Crippen molar-refractivity contribution in [3.05, 3.63) is 192 Å². The van der Waals surface area contributed by atoms with Gasteiger partial charge in [0.15, 0.2) is 0 Å². The van der Waals surface area contributed by atoms with E-state index >= 15 is 0 Å². The molecule has 3 unspecified atom stereocenters. The summed E-state index contributed by atoms with van der Waals surface area (Å²) < 4.78 is 4.75. The molecule has 7 aromatic carbocycles. The first kappa shape index (κ1) is 30.4. The highest BCUT2D eigenvalue weighted by atomic mass is 15.2. The lowest BCUT2D eigenvalue weighted by Crippen LogP contribution is -2.45. The number of hydrogen-bond donors (Lipinski definition) is 2. The molecule has 5 nitrogen and oxygen atoms in total. The molecule has 52 heavy (non-hydrogen) atoms. The van der Waals surface area contributed by atoms with Gasteiger partial charge in [-0.05, 0) is 59.5 Å². The van der Waals surface area contributed by atoms with E-state index < -0.39 is 0 Å². The molecule has 1 saturated heterocycles. The average molecular weight is 670 g/mol. The van der Waals surface area contributed by atoms with Gasteiger partial charge in [0.25, 0.3) is 0 Å². The van der Waals surface area contributed by atoms with Gasteiger partial charge in [-0.25, -0.2) is 0 Å². The van der Waals surface area contributed by atoms with Crippen LogP contribution >= 0.6 is 0 Å². The first-order valence-corrected chi connectivity index (χ1v) is 17.9. The lowest BCUT2D eigenvalue weighted by atomic mass is 9.88. The van der Waals surface area contributed by atoms with Gasteiger partial charge < -0.3 is 9.13 Å². The first-order chi connectivity index (χ1) is 25.8. The minimum absolute atomic E-state index is 0.0814. The van der Waals surface area contributed by atoms with Crippen LogP contribution in [0.2, 0.25) is 0 Å². The second-order valence-corrected chi connectivity index (χ2v) is 13.7. The van der Waals surface area contributed by atoms with Crippen LogP contribution in [0.3, 0.4) is 0 Å². The average Bonchev–Trinajstić information content (AvgIpc) is 3.74. The van der Waals surface area contributed by atoms with Crippen molar-refractivity contribution in [3.63, 3.8) is 0 Å². The maximum atomic E-state index is 11.0. The molecule has 3 atom stereocenters. The number of nitrogens with one attached hydrogen (secondary N) is 2.